The Morgan fingerprint density at radius 2 is 1.76 bits per heavy atom. The maximum absolute atomic E-state index is 12.4. The topological polar surface area (TPSA) is 47.6 Å². The average molecular weight is 406 g/mol. The van der Waals surface area contributed by atoms with Gasteiger partial charge in [0.15, 0.2) is 11.5 Å². The van der Waals surface area contributed by atoms with Crippen LogP contribution in [0.15, 0.2) is 66.7 Å². The van der Waals surface area contributed by atoms with Crippen molar-refractivity contribution in [2.45, 2.75) is 13.5 Å². The van der Waals surface area contributed by atoms with Crippen LogP contribution in [0.5, 0.6) is 11.5 Å². The van der Waals surface area contributed by atoms with Crippen molar-refractivity contribution in [1.29, 1.82) is 0 Å². The molecule has 0 aliphatic carbocycles. The second kappa shape index (κ2) is 8.41. The van der Waals surface area contributed by atoms with Crippen molar-refractivity contribution in [3.05, 3.63) is 88.4 Å². The molecule has 0 bridgehead atoms. The van der Waals surface area contributed by atoms with Gasteiger partial charge in [-0.05, 0) is 42.8 Å². The molecule has 146 valence electrons. The van der Waals surface area contributed by atoms with Gasteiger partial charge in [0.1, 0.15) is 6.61 Å². The smallest absolute Gasteiger partial charge is 0.256 e. The minimum Gasteiger partial charge on any atom is -0.490 e. The molecule has 0 fully saturated rings. The lowest BCUT2D eigenvalue weighted by atomic mass is 10.0. The van der Waals surface area contributed by atoms with Crippen LogP contribution in [0.25, 0.3) is 11.6 Å². The lowest BCUT2D eigenvalue weighted by Crippen LogP contribution is -2.03. The molecule has 0 radical (unpaired) electrons. The first kappa shape index (κ1) is 19.1. The Morgan fingerprint density at radius 3 is 2.59 bits per heavy atom. The Labute approximate surface area is 174 Å². The standard InChI is InChI=1S/C24H20ClNO3/c1-2-28-23-14-16(13-19-18-8-4-6-10-21(18)26-24(19)27)11-12-22(23)29-15-17-7-3-5-9-20(17)25/h3-14H,2,15H2,1H3,(H,26,27)/b19-13+. The SMILES string of the molecule is CCOc1cc(/C=C2/C(=O)Nc3ccccc32)ccc1OCc1ccccc1Cl. The Kier molecular flexibility index (Phi) is 5.54. The number of halogens is 1. The van der Waals surface area contributed by atoms with Crippen molar-refractivity contribution in [2.75, 3.05) is 11.9 Å². The molecule has 1 aliphatic heterocycles. The van der Waals surface area contributed by atoms with Gasteiger partial charge in [0.25, 0.3) is 5.91 Å². The second-order valence-electron chi connectivity index (χ2n) is 6.58. The normalized spacial score (nSPS) is 13.9. The van der Waals surface area contributed by atoms with E-state index >= 15 is 0 Å². The van der Waals surface area contributed by atoms with Crippen molar-refractivity contribution >= 4 is 34.8 Å². The van der Waals surface area contributed by atoms with Gasteiger partial charge in [-0.2, -0.15) is 0 Å². The van der Waals surface area contributed by atoms with Crippen LogP contribution in [0.1, 0.15) is 23.6 Å². The summed E-state index contributed by atoms with van der Waals surface area (Å²) in [5.74, 6) is 1.15. The molecule has 0 saturated carbocycles. The van der Waals surface area contributed by atoms with E-state index in [-0.39, 0.29) is 5.91 Å². The molecule has 0 unspecified atom stereocenters. The van der Waals surface area contributed by atoms with E-state index in [4.69, 9.17) is 21.1 Å². The predicted octanol–water partition coefficient (Wildman–Crippen LogP) is 5.81. The van der Waals surface area contributed by atoms with Crippen LogP contribution in [0, 0.1) is 0 Å². The summed E-state index contributed by atoms with van der Waals surface area (Å²) in [6.45, 7) is 2.77. The number of carbonyl (C=O) groups excluding carboxylic acids is 1. The zero-order valence-electron chi connectivity index (χ0n) is 15.9. The number of nitrogens with one attached hydrogen (secondary N) is 1. The van der Waals surface area contributed by atoms with E-state index in [0.29, 0.717) is 35.3 Å². The Morgan fingerprint density at radius 1 is 0.966 bits per heavy atom. The third kappa shape index (κ3) is 4.13. The Hall–Kier alpha value is -3.24. The predicted molar refractivity (Wildman–Crippen MR) is 116 cm³/mol. The van der Waals surface area contributed by atoms with E-state index in [1.54, 1.807) is 0 Å². The van der Waals surface area contributed by atoms with Crippen LogP contribution < -0.4 is 14.8 Å². The van der Waals surface area contributed by atoms with E-state index in [9.17, 15) is 4.79 Å². The number of ether oxygens (including phenoxy) is 2. The molecular weight excluding hydrogens is 386 g/mol. The highest BCUT2D eigenvalue weighted by molar-refractivity contribution is 6.34. The van der Waals surface area contributed by atoms with Crippen molar-refractivity contribution in [2.24, 2.45) is 0 Å². The molecule has 0 saturated heterocycles. The highest BCUT2D eigenvalue weighted by atomic mass is 35.5. The molecule has 0 atom stereocenters. The third-order valence-electron chi connectivity index (χ3n) is 4.63. The van der Waals surface area contributed by atoms with Gasteiger partial charge in [-0.15, -0.1) is 0 Å². The van der Waals surface area contributed by atoms with Crippen molar-refractivity contribution in [1.82, 2.24) is 0 Å². The number of anilines is 1. The lowest BCUT2D eigenvalue weighted by Gasteiger charge is -2.13. The maximum Gasteiger partial charge on any atom is 0.256 e. The van der Waals surface area contributed by atoms with E-state index < -0.39 is 0 Å². The van der Waals surface area contributed by atoms with Crippen LogP contribution in [0.2, 0.25) is 5.02 Å². The molecular formula is C24H20ClNO3. The zero-order valence-corrected chi connectivity index (χ0v) is 16.7. The van der Waals surface area contributed by atoms with E-state index in [2.05, 4.69) is 5.32 Å². The molecule has 3 aromatic rings. The number of benzene rings is 3. The van der Waals surface area contributed by atoms with Crippen molar-refractivity contribution in [3.8, 4) is 11.5 Å². The molecule has 1 heterocycles. The number of fused-ring (bicyclic) bond motifs is 1. The van der Waals surface area contributed by atoms with Crippen LogP contribution in [-0.2, 0) is 11.4 Å². The summed E-state index contributed by atoms with van der Waals surface area (Å²) in [7, 11) is 0. The number of hydrogen-bond donors (Lipinski definition) is 1. The summed E-state index contributed by atoms with van der Waals surface area (Å²) < 4.78 is 11.7. The van der Waals surface area contributed by atoms with Crippen LogP contribution in [-0.4, -0.2) is 12.5 Å². The molecule has 3 aromatic carbocycles. The number of amides is 1. The van der Waals surface area contributed by atoms with Gasteiger partial charge < -0.3 is 14.8 Å². The minimum atomic E-state index is -0.108. The summed E-state index contributed by atoms with van der Waals surface area (Å²) in [6.07, 6.45) is 1.86. The first-order chi connectivity index (χ1) is 14.2. The van der Waals surface area contributed by atoms with Gasteiger partial charge in [0.05, 0.1) is 6.61 Å². The molecule has 29 heavy (non-hydrogen) atoms. The van der Waals surface area contributed by atoms with Gasteiger partial charge >= 0.3 is 0 Å². The quantitative estimate of drug-likeness (QED) is 0.526. The molecule has 4 rings (SSSR count). The molecule has 5 heteroatoms. The van der Waals surface area contributed by atoms with E-state index in [1.807, 2.05) is 79.7 Å². The maximum atomic E-state index is 12.4. The van der Waals surface area contributed by atoms with Crippen LogP contribution >= 0.6 is 11.6 Å². The molecule has 1 N–H and O–H groups in total. The number of hydrogen-bond acceptors (Lipinski definition) is 3. The van der Waals surface area contributed by atoms with E-state index in [1.165, 1.54) is 0 Å². The highest BCUT2D eigenvalue weighted by Gasteiger charge is 2.23. The minimum absolute atomic E-state index is 0.108. The first-order valence-electron chi connectivity index (χ1n) is 9.41. The van der Waals surface area contributed by atoms with Crippen molar-refractivity contribution in [3.63, 3.8) is 0 Å². The second-order valence-corrected chi connectivity index (χ2v) is 6.98. The fraction of sp³-hybridized carbons (Fsp3) is 0.125. The first-order valence-corrected chi connectivity index (χ1v) is 9.79. The molecule has 0 aromatic heterocycles. The van der Waals surface area contributed by atoms with Gasteiger partial charge in [-0.25, -0.2) is 0 Å². The monoisotopic (exact) mass is 405 g/mol. The summed E-state index contributed by atoms with van der Waals surface area (Å²) in [5.41, 5.74) is 4.12. The van der Waals surface area contributed by atoms with Gasteiger partial charge in [0.2, 0.25) is 0 Å². The molecule has 1 amide bonds. The molecule has 0 spiro atoms. The van der Waals surface area contributed by atoms with E-state index in [0.717, 1.165) is 22.4 Å². The van der Waals surface area contributed by atoms with Gasteiger partial charge in [0, 0.05) is 27.4 Å². The summed E-state index contributed by atoms with van der Waals surface area (Å²) in [4.78, 5) is 12.4. The lowest BCUT2D eigenvalue weighted by molar-refractivity contribution is -0.110. The fourth-order valence-electron chi connectivity index (χ4n) is 3.22. The Bertz CT molecular complexity index is 1090. The third-order valence-corrected chi connectivity index (χ3v) is 5.00. The van der Waals surface area contributed by atoms with Crippen LogP contribution in [0.4, 0.5) is 5.69 Å². The number of rotatable bonds is 6. The van der Waals surface area contributed by atoms with Gasteiger partial charge in [-0.1, -0.05) is 54.1 Å². The molecule has 1 aliphatic rings. The Balaban J connectivity index is 1.61. The zero-order chi connectivity index (χ0) is 20.2. The molecule has 4 nitrogen and oxygen atoms in total. The highest BCUT2D eigenvalue weighted by Crippen LogP contribution is 2.35. The largest absolute Gasteiger partial charge is 0.490 e. The number of para-hydroxylation sites is 1. The summed E-state index contributed by atoms with van der Waals surface area (Å²) in [5, 5.41) is 3.55. The summed E-state index contributed by atoms with van der Waals surface area (Å²) >= 11 is 6.21. The fourth-order valence-corrected chi connectivity index (χ4v) is 3.41. The van der Waals surface area contributed by atoms with Crippen molar-refractivity contribution < 1.29 is 14.3 Å². The summed E-state index contributed by atoms with van der Waals surface area (Å²) in [6, 6.07) is 20.9. The average Bonchev–Trinajstić information content (AvgIpc) is 3.04. The van der Waals surface area contributed by atoms with Crippen LogP contribution in [0.3, 0.4) is 0 Å². The number of carbonyl (C=O) groups is 1. The van der Waals surface area contributed by atoms with Gasteiger partial charge in [-0.3, -0.25) is 4.79 Å².